The number of hydrogen-bond donors (Lipinski definition) is 5. The minimum Gasteiger partial charge on any atom is -0.483 e. The molecule has 5 aromatic rings. The van der Waals surface area contributed by atoms with Gasteiger partial charge in [-0.15, -0.1) is 0 Å². The van der Waals surface area contributed by atoms with Gasteiger partial charge in [-0.05, 0) is 118 Å². The van der Waals surface area contributed by atoms with Crippen LogP contribution >= 0.6 is 0 Å². The number of allylic oxidation sites excluding steroid dienone is 2. The smallest absolute Gasteiger partial charge is 0.257 e. The lowest BCUT2D eigenvalue weighted by molar-refractivity contribution is -0.123. The standard InChI is InChI=1S/C59H70N8O5/c1-5-62-44(3)43(2)49-27-28-50(38-61-42-68)54(36-49)72-40-56(71)64-34-17-15-26-55(70)63-33-16-7-6-10-19-45-20-18-21-46(35-45)39-67-58(48-24-13-9-14-25-48)57(47-22-11-8-12-23-47)53(37-60)59(67)65-41-66(4)51-29-31-52(69)32-30-51/h5,8-9,11-14,18,20-25,27-28,35-37,41-42,51-52,60,69H,6-7,15-17,26,29-34,38-40H2,1-4H3,(H,61,68)(H,63,70)(H,64,71)/b44-43+,60-37?,62-5?,65-41-. The molecular formula is C59H70N8O5. The molecule has 0 atom stereocenters. The molecule has 0 aliphatic heterocycles. The van der Waals surface area contributed by atoms with Crippen LogP contribution in [0.3, 0.4) is 0 Å². The van der Waals surface area contributed by atoms with Crippen LogP contribution in [0.1, 0.15) is 113 Å². The van der Waals surface area contributed by atoms with Crippen molar-refractivity contribution < 1.29 is 24.2 Å². The van der Waals surface area contributed by atoms with Crippen LogP contribution in [0, 0.1) is 17.3 Å². The Morgan fingerprint density at radius 1 is 0.875 bits per heavy atom. The third-order valence-corrected chi connectivity index (χ3v) is 12.9. The fourth-order valence-corrected chi connectivity index (χ4v) is 8.86. The van der Waals surface area contributed by atoms with Crippen molar-refractivity contribution in [2.24, 2.45) is 9.98 Å². The normalized spacial score (nSPS) is 14.8. The van der Waals surface area contributed by atoms with Gasteiger partial charge in [-0.25, -0.2) is 4.99 Å². The summed E-state index contributed by atoms with van der Waals surface area (Å²) in [5, 5.41) is 27.4. The first-order valence-electron chi connectivity index (χ1n) is 25.1. The van der Waals surface area contributed by atoms with Crippen molar-refractivity contribution in [2.75, 3.05) is 26.7 Å². The average Bonchev–Trinajstić information content (AvgIpc) is 3.71. The van der Waals surface area contributed by atoms with E-state index < -0.39 is 0 Å². The molecule has 5 N–H and O–H groups in total. The van der Waals surface area contributed by atoms with Gasteiger partial charge in [0, 0.05) is 92.5 Å². The van der Waals surface area contributed by atoms with Crippen LogP contribution in [0.25, 0.3) is 28.0 Å². The van der Waals surface area contributed by atoms with Crippen LogP contribution in [0.15, 0.2) is 119 Å². The van der Waals surface area contributed by atoms with Crippen LogP contribution in [-0.4, -0.2) is 90.5 Å². The van der Waals surface area contributed by atoms with Crippen molar-refractivity contribution in [2.45, 2.75) is 110 Å². The van der Waals surface area contributed by atoms with Crippen molar-refractivity contribution in [3.8, 4) is 40.0 Å². The van der Waals surface area contributed by atoms with Crippen molar-refractivity contribution in [3.05, 3.63) is 137 Å². The van der Waals surface area contributed by atoms with E-state index in [1.165, 1.54) is 6.21 Å². The highest BCUT2D eigenvalue weighted by atomic mass is 16.5. The summed E-state index contributed by atoms with van der Waals surface area (Å²) in [5.74, 6) is 7.63. The molecule has 6 rings (SSSR count). The number of rotatable bonds is 25. The van der Waals surface area contributed by atoms with Crippen LogP contribution in [0.4, 0.5) is 5.82 Å². The number of aromatic nitrogens is 1. The Hall–Kier alpha value is -7.56. The second kappa shape index (κ2) is 28.3. The molecule has 4 aromatic carbocycles. The molecule has 0 spiro atoms. The molecular weight excluding hydrogens is 901 g/mol. The zero-order chi connectivity index (χ0) is 51.1. The maximum absolute atomic E-state index is 12.6. The summed E-state index contributed by atoms with van der Waals surface area (Å²) in [6.07, 6.45) is 12.8. The van der Waals surface area contributed by atoms with Gasteiger partial charge in [0.1, 0.15) is 11.6 Å². The summed E-state index contributed by atoms with van der Waals surface area (Å²) in [5.41, 5.74) is 10.2. The number of aliphatic hydroxyl groups excluding tert-OH is 1. The number of aliphatic hydroxyl groups is 1. The molecule has 1 heterocycles. The van der Waals surface area contributed by atoms with Gasteiger partial charge >= 0.3 is 0 Å². The number of aliphatic imine (C=N–C) groups is 2. The minimum absolute atomic E-state index is 0.0133. The predicted octanol–water partition coefficient (Wildman–Crippen LogP) is 9.85. The molecule has 1 saturated carbocycles. The van der Waals surface area contributed by atoms with E-state index in [1.54, 1.807) is 6.21 Å². The second-order valence-corrected chi connectivity index (χ2v) is 18.1. The Labute approximate surface area is 425 Å². The van der Waals surface area contributed by atoms with Crippen molar-refractivity contribution in [1.29, 1.82) is 5.41 Å². The molecule has 0 bridgehead atoms. The Bertz CT molecular complexity index is 2740. The molecule has 3 amide bonds. The molecule has 1 aromatic heterocycles. The summed E-state index contributed by atoms with van der Waals surface area (Å²) in [7, 11) is 2.05. The fourth-order valence-electron chi connectivity index (χ4n) is 8.86. The van der Waals surface area contributed by atoms with Gasteiger partial charge in [0.15, 0.2) is 6.61 Å². The van der Waals surface area contributed by atoms with E-state index in [0.717, 1.165) is 100.0 Å². The maximum atomic E-state index is 12.6. The number of unbranched alkanes of at least 4 members (excludes halogenated alkanes) is 3. The Kier molecular flexibility index (Phi) is 21.2. The molecule has 1 aliphatic rings. The van der Waals surface area contributed by atoms with E-state index in [1.807, 2.05) is 101 Å². The Morgan fingerprint density at radius 2 is 1.58 bits per heavy atom. The largest absolute Gasteiger partial charge is 0.483 e. The van der Waals surface area contributed by atoms with E-state index >= 15 is 0 Å². The molecule has 1 aliphatic carbocycles. The predicted molar refractivity (Wildman–Crippen MR) is 291 cm³/mol. The van der Waals surface area contributed by atoms with Crippen molar-refractivity contribution in [3.63, 3.8) is 0 Å². The van der Waals surface area contributed by atoms with Crippen LogP contribution in [0.5, 0.6) is 5.75 Å². The number of ether oxygens (including phenoxy) is 1. The van der Waals surface area contributed by atoms with E-state index in [2.05, 4.69) is 78.6 Å². The van der Waals surface area contributed by atoms with E-state index in [-0.39, 0.29) is 37.1 Å². The second-order valence-electron chi connectivity index (χ2n) is 18.1. The quantitative estimate of drug-likeness (QED) is 0.0128. The molecule has 0 unspecified atom stereocenters. The van der Waals surface area contributed by atoms with Gasteiger partial charge < -0.3 is 40.7 Å². The molecule has 0 radical (unpaired) electrons. The Morgan fingerprint density at radius 3 is 2.29 bits per heavy atom. The molecule has 1 fully saturated rings. The average molecular weight is 971 g/mol. The topological polar surface area (TPSA) is 173 Å². The number of carbonyl (C=O) groups excluding carboxylic acids is 3. The number of amides is 3. The zero-order valence-electron chi connectivity index (χ0n) is 42.3. The van der Waals surface area contributed by atoms with E-state index in [0.29, 0.717) is 63.3 Å². The van der Waals surface area contributed by atoms with Gasteiger partial charge in [0.25, 0.3) is 5.91 Å². The number of nitrogens with one attached hydrogen (secondary N) is 4. The first kappa shape index (κ1) is 53.8. The van der Waals surface area contributed by atoms with Crippen LogP contribution < -0.4 is 20.7 Å². The monoisotopic (exact) mass is 971 g/mol. The first-order chi connectivity index (χ1) is 35.1. The molecule has 376 valence electrons. The minimum atomic E-state index is -0.268. The van der Waals surface area contributed by atoms with E-state index in [4.69, 9.17) is 15.1 Å². The summed E-state index contributed by atoms with van der Waals surface area (Å²) < 4.78 is 8.12. The number of carbonyl (C=O) groups is 3. The van der Waals surface area contributed by atoms with Gasteiger partial charge in [-0.1, -0.05) is 96.8 Å². The summed E-state index contributed by atoms with van der Waals surface area (Å²) in [6, 6.07) is 34.8. The van der Waals surface area contributed by atoms with Gasteiger partial charge in [-0.2, -0.15) is 0 Å². The number of benzene rings is 4. The summed E-state index contributed by atoms with van der Waals surface area (Å²) >= 11 is 0. The Balaban J connectivity index is 0.984. The lowest BCUT2D eigenvalue weighted by atomic mass is 9.92. The lowest BCUT2D eigenvalue weighted by Crippen LogP contribution is -2.35. The fraction of sp³-hybridized carbons (Fsp3) is 0.356. The third kappa shape index (κ3) is 15.7. The van der Waals surface area contributed by atoms with Gasteiger partial charge in [0.05, 0.1) is 18.1 Å². The molecule has 0 saturated heterocycles. The SMILES string of the molecule is CC=N/C(C)=C(\C)c1ccc(CNC=O)c(OCC(=O)NCCCCC(=O)NCCCCC#Cc2cccc(Cn3c(/N=C\N(C)C4CCC(O)CC4)c(C=N)c(-c4ccccc4)c3-c3ccccc3)c2)c1. The highest BCUT2D eigenvalue weighted by Gasteiger charge is 2.26. The van der Waals surface area contributed by atoms with Crippen molar-refractivity contribution >= 4 is 48.4 Å². The molecule has 72 heavy (non-hydrogen) atoms. The lowest BCUT2D eigenvalue weighted by Gasteiger charge is -2.31. The maximum Gasteiger partial charge on any atom is 0.257 e. The highest BCUT2D eigenvalue weighted by Crippen LogP contribution is 2.43. The molecule has 13 heteroatoms. The van der Waals surface area contributed by atoms with Crippen molar-refractivity contribution in [1.82, 2.24) is 25.4 Å². The van der Waals surface area contributed by atoms with Crippen LogP contribution in [-0.2, 0) is 27.5 Å². The molecule has 13 nitrogen and oxygen atoms in total. The summed E-state index contributed by atoms with van der Waals surface area (Å²) in [6.45, 7) is 7.37. The third-order valence-electron chi connectivity index (χ3n) is 12.9. The van der Waals surface area contributed by atoms with Gasteiger partial charge in [-0.3, -0.25) is 19.4 Å². The summed E-state index contributed by atoms with van der Waals surface area (Å²) in [4.78, 5) is 47.8. The zero-order valence-corrected chi connectivity index (χ0v) is 42.3. The first-order valence-corrected chi connectivity index (χ1v) is 25.1. The number of hydrogen-bond acceptors (Lipinski definition) is 8. The van der Waals surface area contributed by atoms with E-state index in [9.17, 15) is 19.5 Å². The van der Waals surface area contributed by atoms with Gasteiger partial charge in [0.2, 0.25) is 12.3 Å². The van der Waals surface area contributed by atoms with Crippen LogP contribution in [0.2, 0.25) is 0 Å². The highest BCUT2D eigenvalue weighted by molar-refractivity contribution is 6.02. The number of nitrogens with zero attached hydrogens (tertiary/aromatic N) is 4.